The van der Waals surface area contributed by atoms with Gasteiger partial charge in [0.2, 0.25) is 0 Å². The summed E-state index contributed by atoms with van der Waals surface area (Å²) in [6, 6.07) is 2.85. The van der Waals surface area contributed by atoms with Crippen LogP contribution in [0.3, 0.4) is 0 Å². The minimum Gasteiger partial charge on any atom is -0.427 e. The fourth-order valence-corrected chi connectivity index (χ4v) is 1.27. The molecule has 1 aromatic rings. The topological polar surface area (TPSA) is 69.9 Å². The third-order valence-corrected chi connectivity index (χ3v) is 2.00. The second kappa shape index (κ2) is 5.38. The number of rotatable bonds is 2. The molecule has 6 heteroatoms. The highest BCUT2D eigenvalue weighted by molar-refractivity contribution is 5.75. The van der Waals surface area contributed by atoms with Crippen molar-refractivity contribution in [1.82, 2.24) is 10.0 Å². The van der Waals surface area contributed by atoms with E-state index < -0.39 is 0 Å². The molecule has 0 radical (unpaired) electrons. The van der Waals surface area contributed by atoms with E-state index in [2.05, 4.69) is 10.3 Å². The molecule has 0 aliphatic carbocycles. The molecule has 1 rings (SSSR count). The van der Waals surface area contributed by atoms with Gasteiger partial charge in [0.1, 0.15) is 5.82 Å². The predicted octanol–water partition coefficient (Wildman–Crippen LogP) is 0.810. The number of hydrogen-bond acceptors (Lipinski definition) is 3. The van der Waals surface area contributed by atoms with Crippen LogP contribution in [0.1, 0.15) is 13.8 Å². The molecule has 1 heterocycles. The van der Waals surface area contributed by atoms with Crippen LogP contribution in [-0.4, -0.2) is 36.1 Å². The van der Waals surface area contributed by atoms with Crippen molar-refractivity contribution in [2.75, 3.05) is 19.0 Å². The molecular weight excluding hydrogens is 220 g/mol. The van der Waals surface area contributed by atoms with Gasteiger partial charge in [-0.25, -0.2) is 4.79 Å². The van der Waals surface area contributed by atoms with Crippen LogP contribution in [0.5, 0.6) is 0 Å². The Morgan fingerprint density at radius 3 is 2.71 bits per heavy atom. The van der Waals surface area contributed by atoms with E-state index in [0.717, 1.165) is 4.73 Å². The zero-order valence-corrected chi connectivity index (χ0v) is 10.5. The van der Waals surface area contributed by atoms with Crippen LogP contribution in [0.4, 0.5) is 10.6 Å². The van der Waals surface area contributed by atoms with Crippen molar-refractivity contribution < 1.29 is 10.0 Å². The number of urea groups is 1. The summed E-state index contributed by atoms with van der Waals surface area (Å²) in [7, 11) is 3.58. The molecule has 0 saturated carbocycles. The number of nitrogens with one attached hydrogen (secondary N) is 1. The number of nitrogens with zero attached hydrogens (tertiary/aromatic N) is 3. The van der Waals surface area contributed by atoms with Gasteiger partial charge in [-0.15, -0.1) is 0 Å². The highest BCUT2D eigenvalue weighted by Crippen LogP contribution is 2.04. The average molecular weight is 238 g/mol. The maximum Gasteiger partial charge on any atom is 0.341 e. The predicted molar refractivity (Wildman–Crippen MR) is 65.2 cm³/mol. The monoisotopic (exact) mass is 238 g/mol. The van der Waals surface area contributed by atoms with Gasteiger partial charge in [-0.3, -0.25) is 0 Å². The lowest BCUT2D eigenvalue weighted by molar-refractivity contribution is 0.187. The van der Waals surface area contributed by atoms with Crippen LogP contribution in [0.15, 0.2) is 23.3 Å². The summed E-state index contributed by atoms with van der Waals surface area (Å²) in [5.74, 6) is 0.545. The maximum absolute atomic E-state index is 11.4. The first-order valence-electron chi connectivity index (χ1n) is 5.34. The fourth-order valence-electron chi connectivity index (χ4n) is 1.27. The molecule has 0 atom stereocenters. The highest BCUT2D eigenvalue weighted by atomic mass is 16.5. The standard InChI is InChI=1S/C11H18N4O2/c1-8(2)12-11(16)13-9-5-6-15(17)10(7-9)14(3)4/h5-8,17H,1-4H3,(H,12,16)/b13-9+. The number of amides is 2. The van der Waals surface area contributed by atoms with Gasteiger partial charge in [-0.1, -0.05) is 0 Å². The Morgan fingerprint density at radius 1 is 1.53 bits per heavy atom. The Morgan fingerprint density at radius 2 is 2.18 bits per heavy atom. The number of aromatic nitrogens is 1. The van der Waals surface area contributed by atoms with E-state index in [1.165, 1.54) is 6.20 Å². The van der Waals surface area contributed by atoms with Crippen molar-refractivity contribution in [3.8, 4) is 0 Å². The molecule has 0 unspecified atom stereocenters. The number of carbonyl (C=O) groups is 1. The molecule has 0 aliphatic rings. The Balaban J connectivity index is 3.03. The Bertz CT molecular complexity index is 463. The van der Waals surface area contributed by atoms with Gasteiger partial charge in [0.05, 0.1) is 5.36 Å². The molecular formula is C11H18N4O2. The van der Waals surface area contributed by atoms with Crippen molar-refractivity contribution in [2.24, 2.45) is 4.99 Å². The summed E-state index contributed by atoms with van der Waals surface area (Å²) in [6.07, 6.45) is 1.44. The van der Waals surface area contributed by atoms with E-state index in [4.69, 9.17) is 0 Å². The van der Waals surface area contributed by atoms with Crippen molar-refractivity contribution in [3.05, 3.63) is 23.7 Å². The normalized spacial score (nSPS) is 11.7. The lowest BCUT2D eigenvalue weighted by atomic mass is 10.4. The van der Waals surface area contributed by atoms with Crippen LogP contribution in [0.2, 0.25) is 0 Å². The number of hydrogen-bond donors (Lipinski definition) is 2. The van der Waals surface area contributed by atoms with Crippen molar-refractivity contribution in [3.63, 3.8) is 0 Å². The zero-order chi connectivity index (χ0) is 13.0. The molecule has 94 valence electrons. The Kier molecular flexibility index (Phi) is 4.14. The van der Waals surface area contributed by atoms with Gasteiger partial charge >= 0.3 is 6.03 Å². The summed E-state index contributed by atoms with van der Waals surface area (Å²) >= 11 is 0. The second-order valence-electron chi connectivity index (χ2n) is 4.20. The maximum atomic E-state index is 11.4. The molecule has 0 spiro atoms. The summed E-state index contributed by atoms with van der Waals surface area (Å²) in [4.78, 5) is 17.0. The summed E-state index contributed by atoms with van der Waals surface area (Å²) in [5, 5.41) is 12.7. The van der Waals surface area contributed by atoms with Gasteiger partial charge in [-0.05, 0) is 19.9 Å². The van der Waals surface area contributed by atoms with E-state index in [-0.39, 0.29) is 12.1 Å². The molecule has 0 aliphatic heterocycles. The van der Waals surface area contributed by atoms with E-state index in [1.807, 2.05) is 13.8 Å². The highest BCUT2D eigenvalue weighted by Gasteiger charge is 2.02. The first-order valence-corrected chi connectivity index (χ1v) is 5.34. The molecule has 2 amide bonds. The molecule has 1 aromatic heterocycles. The minimum atomic E-state index is -0.389. The minimum absolute atomic E-state index is 0.0473. The number of anilines is 1. The summed E-state index contributed by atoms with van der Waals surface area (Å²) < 4.78 is 0.972. The first-order chi connectivity index (χ1) is 7.90. The first kappa shape index (κ1) is 13.1. The van der Waals surface area contributed by atoms with Crippen LogP contribution >= 0.6 is 0 Å². The van der Waals surface area contributed by atoms with Gasteiger partial charge in [0.15, 0.2) is 0 Å². The van der Waals surface area contributed by atoms with Crippen LogP contribution in [0, 0.1) is 0 Å². The molecule has 0 aromatic carbocycles. The molecule has 0 fully saturated rings. The van der Waals surface area contributed by atoms with Crippen molar-refractivity contribution in [2.45, 2.75) is 19.9 Å². The summed E-state index contributed by atoms with van der Waals surface area (Å²) in [6.45, 7) is 3.73. The lowest BCUT2D eigenvalue weighted by Crippen LogP contribution is -2.29. The molecule has 6 nitrogen and oxygen atoms in total. The number of carbonyl (C=O) groups excluding carboxylic acids is 1. The zero-order valence-electron chi connectivity index (χ0n) is 10.5. The molecule has 0 bridgehead atoms. The van der Waals surface area contributed by atoms with E-state index in [0.29, 0.717) is 11.2 Å². The van der Waals surface area contributed by atoms with Crippen molar-refractivity contribution >= 4 is 11.8 Å². The van der Waals surface area contributed by atoms with Crippen LogP contribution < -0.4 is 15.6 Å². The second-order valence-corrected chi connectivity index (χ2v) is 4.20. The van der Waals surface area contributed by atoms with E-state index >= 15 is 0 Å². The van der Waals surface area contributed by atoms with Gasteiger partial charge in [-0.2, -0.15) is 9.72 Å². The fraction of sp³-hybridized carbons (Fsp3) is 0.455. The summed E-state index contributed by atoms with van der Waals surface area (Å²) in [5.41, 5.74) is 0. The molecule has 0 saturated heterocycles. The van der Waals surface area contributed by atoms with Crippen LogP contribution in [0.25, 0.3) is 0 Å². The Labute approximate surface area is 100 Å². The average Bonchev–Trinajstić information content (AvgIpc) is 2.19. The van der Waals surface area contributed by atoms with Crippen LogP contribution in [-0.2, 0) is 0 Å². The number of pyridine rings is 1. The largest absolute Gasteiger partial charge is 0.427 e. The van der Waals surface area contributed by atoms with Gasteiger partial charge < -0.3 is 15.4 Å². The molecule has 17 heavy (non-hydrogen) atoms. The van der Waals surface area contributed by atoms with E-state index in [9.17, 15) is 10.0 Å². The van der Waals surface area contributed by atoms with Gasteiger partial charge in [0, 0.05) is 32.4 Å². The Hall–Kier alpha value is -1.98. The quantitative estimate of drug-likeness (QED) is 0.749. The SMILES string of the molecule is CC(C)NC(=O)/N=c1\ccn(O)c(N(C)C)c1. The third-order valence-electron chi connectivity index (χ3n) is 2.00. The van der Waals surface area contributed by atoms with E-state index in [1.54, 1.807) is 31.1 Å². The van der Waals surface area contributed by atoms with Crippen molar-refractivity contribution in [1.29, 1.82) is 0 Å². The lowest BCUT2D eigenvalue weighted by Gasteiger charge is -2.14. The third kappa shape index (κ3) is 3.82. The molecule has 2 N–H and O–H groups in total. The smallest absolute Gasteiger partial charge is 0.341 e. The van der Waals surface area contributed by atoms with Gasteiger partial charge in [0.25, 0.3) is 0 Å².